The third kappa shape index (κ3) is 5.42. The summed E-state index contributed by atoms with van der Waals surface area (Å²) in [5.74, 6) is -0.261. The summed E-state index contributed by atoms with van der Waals surface area (Å²) >= 11 is 0. The van der Waals surface area contributed by atoms with E-state index in [0.717, 1.165) is 30.9 Å². The van der Waals surface area contributed by atoms with E-state index in [2.05, 4.69) is 27.2 Å². The second-order valence-corrected chi connectivity index (χ2v) is 11.9. The number of hydrogen-bond donors (Lipinski definition) is 1. The summed E-state index contributed by atoms with van der Waals surface area (Å²) in [5, 5.41) is 11.6. The minimum atomic E-state index is -4.62. The number of anilines is 1. The number of fused-ring (bicyclic) bond motifs is 1. The monoisotopic (exact) mass is 589 g/mol. The fraction of sp³-hybridized carbons (Fsp3) is 0.500. The Hall–Kier alpha value is -3.38. The quantitative estimate of drug-likeness (QED) is 0.302. The summed E-state index contributed by atoms with van der Waals surface area (Å²) in [6, 6.07) is 9.79. The highest BCUT2D eigenvalue weighted by molar-refractivity contribution is 6.10. The van der Waals surface area contributed by atoms with Crippen LogP contribution in [0.1, 0.15) is 83.4 Å². The normalized spacial score (nSPS) is 22.2. The number of hydrogen-bond acceptors (Lipinski definition) is 5. The lowest BCUT2D eigenvalue weighted by Gasteiger charge is -2.39. The van der Waals surface area contributed by atoms with Crippen molar-refractivity contribution in [3.05, 3.63) is 76.4 Å². The molecule has 0 spiro atoms. The van der Waals surface area contributed by atoms with Crippen molar-refractivity contribution >= 4 is 11.6 Å². The number of amides is 1. The highest BCUT2D eigenvalue weighted by Crippen LogP contribution is 2.46. The van der Waals surface area contributed by atoms with Gasteiger partial charge in [0.2, 0.25) is 0 Å². The zero-order valence-electron chi connectivity index (χ0n) is 23.3. The van der Waals surface area contributed by atoms with Crippen LogP contribution in [0.3, 0.4) is 0 Å². The fourth-order valence-electron chi connectivity index (χ4n) is 6.46. The number of rotatable bonds is 9. The first-order valence-electron chi connectivity index (χ1n) is 14.1. The number of aryl methyl sites for hydroxylation is 1. The molecule has 1 aliphatic heterocycles. The van der Waals surface area contributed by atoms with Gasteiger partial charge in [-0.2, -0.15) is 22.0 Å². The number of nitrogens with one attached hydrogen (secondary N) is 1. The Morgan fingerprint density at radius 2 is 1.93 bits per heavy atom. The minimum Gasteiger partial charge on any atom is -0.320 e. The average Bonchev–Trinajstić information content (AvgIpc) is 3.46. The fourth-order valence-corrected chi connectivity index (χ4v) is 6.46. The Balaban J connectivity index is 1.30. The van der Waals surface area contributed by atoms with Gasteiger partial charge >= 0.3 is 12.8 Å². The van der Waals surface area contributed by atoms with E-state index in [4.69, 9.17) is 0 Å². The molecule has 42 heavy (non-hydrogen) atoms. The predicted octanol–water partition coefficient (Wildman–Crippen LogP) is 6.18. The minimum absolute atomic E-state index is 0.0349. The van der Waals surface area contributed by atoms with Crippen LogP contribution in [0.25, 0.3) is 0 Å². The first-order valence-corrected chi connectivity index (χ1v) is 14.1. The summed E-state index contributed by atoms with van der Waals surface area (Å²) in [6.45, 7) is -0.764. The van der Waals surface area contributed by atoms with Crippen LogP contribution in [0.15, 0.2) is 42.7 Å². The largest absolute Gasteiger partial charge is 0.416 e. The molecule has 7 nitrogen and oxygen atoms in total. The Bertz CT molecular complexity index is 1480. The van der Waals surface area contributed by atoms with Gasteiger partial charge in [-0.3, -0.25) is 4.79 Å². The van der Waals surface area contributed by atoms with Gasteiger partial charge in [0.1, 0.15) is 12.2 Å². The number of aromatic nitrogens is 3. The molecule has 0 saturated heterocycles. The molecule has 12 heteroatoms. The number of carbonyl (C=O) groups excluding carboxylic acids is 1. The number of ether oxygens (including phenoxy) is 1. The maximum atomic E-state index is 14.2. The van der Waals surface area contributed by atoms with E-state index in [1.807, 2.05) is 6.07 Å². The zero-order valence-corrected chi connectivity index (χ0v) is 23.3. The van der Waals surface area contributed by atoms with Crippen LogP contribution >= 0.6 is 0 Å². The molecule has 3 aliphatic rings. The van der Waals surface area contributed by atoms with Gasteiger partial charge in [0.25, 0.3) is 5.91 Å². The number of carbonyl (C=O) groups is 1. The van der Waals surface area contributed by atoms with Gasteiger partial charge in [-0.15, -0.1) is 10.2 Å². The van der Waals surface area contributed by atoms with Gasteiger partial charge < -0.3 is 19.5 Å². The molecule has 1 N–H and O–H groups in total. The van der Waals surface area contributed by atoms with Gasteiger partial charge in [0.05, 0.1) is 18.2 Å². The van der Waals surface area contributed by atoms with E-state index < -0.39 is 30.4 Å². The van der Waals surface area contributed by atoms with E-state index in [-0.39, 0.29) is 41.6 Å². The maximum Gasteiger partial charge on any atom is 0.416 e. The van der Waals surface area contributed by atoms with Gasteiger partial charge in [0.15, 0.2) is 0 Å². The second kappa shape index (κ2) is 10.7. The topological polar surface area (TPSA) is 72.3 Å². The van der Waals surface area contributed by atoms with Crippen LogP contribution in [-0.4, -0.2) is 38.9 Å². The molecule has 2 aromatic carbocycles. The van der Waals surface area contributed by atoms with Gasteiger partial charge in [-0.25, -0.2) is 0 Å². The van der Waals surface area contributed by atoms with Gasteiger partial charge in [-0.1, -0.05) is 12.1 Å². The number of halogens is 5. The van der Waals surface area contributed by atoms with Crippen molar-refractivity contribution in [2.45, 2.75) is 82.5 Å². The van der Waals surface area contributed by atoms with Crippen molar-refractivity contribution < 1.29 is 31.5 Å². The van der Waals surface area contributed by atoms with Crippen LogP contribution in [0.2, 0.25) is 0 Å². The Morgan fingerprint density at radius 1 is 1.17 bits per heavy atom. The third-order valence-electron chi connectivity index (χ3n) is 9.05. The number of benzene rings is 2. The summed E-state index contributed by atoms with van der Waals surface area (Å²) in [6.07, 6.45) is 0.156. The Morgan fingerprint density at radius 3 is 2.55 bits per heavy atom. The molecular formula is C30H32F5N5O2. The molecule has 0 radical (unpaired) electrons. The molecule has 2 heterocycles. The van der Waals surface area contributed by atoms with Crippen LogP contribution < -0.4 is 10.2 Å². The maximum absolute atomic E-state index is 14.2. The Labute approximate surface area is 240 Å². The molecule has 0 bridgehead atoms. The van der Waals surface area contributed by atoms with Crippen LogP contribution in [0, 0.1) is 5.92 Å². The van der Waals surface area contributed by atoms with Crippen LogP contribution in [0.5, 0.6) is 0 Å². The standard InChI is InChI=1S/C30H32F5N5O2/c1-29(7-4-8-29)36-14-17-9-22-23(24(10-17)30(33,34)35)15-40(27(22)41)20-6-3-5-18(11-20)25(26-38-37-16-39(26)2)19-12-21(13-19)42-28(31)32/h3,5-6,9-11,16,19,21,25,28,36H,4,7-8,12-15H2,1-2H3/t19-,21-,25?. The lowest BCUT2D eigenvalue weighted by atomic mass is 9.70. The predicted molar refractivity (Wildman–Crippen MR) is 144 cm³/mol. The second-order valence-electron chi connectivity index (χ2n) is 11.9. The van der Waals surface area contributed by atoms with E-state index in [0.29, 0.717) is 29.9 Å². The summed E-state index contributed by atoms with van der Waals surface area (Å²) in [5.41, 5.74) is 0.774. The smallest absolute Gasteiger partial charge is 0.320 e. The summed E-state index contributed by atoms with van der Waals surface area (Å²) < 4.78 is 74.6. The molecule has 6 rings (SSSR count). The molecule has 2 aliphatic carbocycles. The first-order chi connectivity index (χ1) is 19.9. The molecule has 1 amide bonds. The number of alkyl halides is 5. The van der Waals surface area contributed by atoms with E-state index in [1.54, 1.807) is 42.2 Å². The molecule has 2 fully saturated rings. The molecular weight excluding hydrogens is 557 g/mol. The molecule has 2 saturated carbocycles. The third-order valence-corrected chi connectivity index (χ3v) is 9.05. The van der Waals surface area contributed by atoms with Crippen molar-refractivity contribution in [3.8, 4) is 0 Å². The summed E-state index contributed by atoms with van der Waals surface area (Å²) in [7, 11) is 1.79. The van der Waals surface area contributed by atoms with E-state index >= 15 is 0 Å². The van der Waals surface area contributed by atoms with Crippen molar-refractivity contribution in [1.82, 2.24) is 20.1 Å². The molecule has 1 aromatic heterocycles. The lowest BCUT2D eigenvalue weighted by molar-refractivity contribution is -0.192. The summed E-state index contributed by atoms with van der Waals surface area (Å²) in [4.78, 5) is 15.0. The van der Waals surface area contributed by atoms with Gasteiger partial charge in [0, 0.05) is 36.3 Å². The lowest BCUT2D eigenvalue weighted by Crippen LogP contribution is -2.47. The zero-order chi connectivity index (χ0) is 29.8. The van der Waals surface area contributed by atoms with Gasteiger partial charge in [-0.05, 0) is 85.9 Å². The van der Waals surface area contributed by atoms with Crippen LogP contribution in [0.4, 0.5) is 27.6 Å². The van der Waals surface area contributed by atoms with Crippen molar-refractivity contribution in [3.63, 3.8) is 0 Å². The highest BCUT2D eigenvalue weighted by atomic mass is 19.4. The van der Waals surface area contributed by atoms with E-state index in [9.17, 15) is 26.7 Å². The Kier molecular flexibility index (Phi) is 7.33. The van der Waals surface area contributed by atoms with E-state index in [1.165, 1.54) is 4.90 Å². The van der Waals surface area contributed by atoms with Crippen LogP contribution in [-0.2, 0) is 31.1 Å². The van der Waals surface area contributed by atoms with Crippen molar-refractivity contribution in [1.29, 1.82) is 0 Å². The van der Waals surface area contributed by atoms with Crippen molar-refractivity contribution in [2.75, 3.05) is 4.90 Å². The molecule has 224 valence electrons. The highest BCUT2D eigenvalue weighted by Gasteiger charge is 2.43. The number of nitrogens with zero attached hydrogens (tertiary/aromatic N) is 4. The molecule has 3 aromatic rings. The molecule has 1 atom stereocenters. The van der Waals surface area contributed by atoms with Crippen molar-refractivity contribution in [2.24, 2.45) is 13.0 Å². The SMILES string of the molecule is Cn1cnnc1C(c1cccc(N2Cc3c(cc(CNC4(C)CCC4)cc3C(F)(F)F)C2=O)c1)[C@H]1C[C@H](OC(F)F)C1. The molecule has 1 unspecified atom stereocenters. The average molecular weight is 590 g/mol. The first kappa shape index (κ1) is 28.7.